The Kier molecular flexibility index (Phi) is 5.38. The van der Waals surface area contributed by atoms with Crippen LogP contribution in [0.1, 0.15) is 29.7 Å². The van der Waals surface area contributed by atoms with E-state index >= 15 is 0 Å². The van der Waals surface area contributed by atoms with Crippen LogP contribution >= 0.6 is 0 Å². The maximum absolute atomic E-state index is 4.77. The molecule has 0 aliphatic carbocycles. The number of aromatic nitrogens is 1. The van der Waals surface area contributed by atoms with Crippen molar-refractivity contribution in [2.24, 2.45) is 0 Å². The summed E-state index contributed by atoms with van der Waals surface area (Å²) in [5.41, 5.74) is 3.75. The fourth-order valence-electron chi connectivity index (χ4n) is 2.96. The summed E-state index contributed by atoms with van der Waals surface area (Å²) in [4.78, 5) is 9.63. The lowest BCUT2D eigenvalue weighted by atomic mass is 10.1. The lowest BCUT2D eigenvalue weighted by molar-refractivity contribution is 0.346. The van der Waals surface area contributed by atoms with Gasteiger partial charge in [-0.25, -0.2) is 4.98 Å². The standard InChI is InChI=1S/C16H28N4/c1-13-11-14(2)18-16(15(13)12-17-3)19(4)9-10-20-7-5-6-8-20/h11,17H,5-10,12H2,1-4H3. The minimum atomic E-state index is 0.877. The van der Waals surface area contributed by atoms with Gasteiger partial charge in [-0.15, -0.1) is 0 Å². The fraction of sp³-hybridized carbons (Fsp3) is 0.688. The summed E-state index contributed by atoms with van der Waals surface area (Å²) in [6.45, 7) is 9.85. The first kappa shape index (κ1) is 15.3. The smallest absolute Gasteiger partial charge is 0.133 e. The molecule has 112 valence electrons. The number of likely N-dealkylation sites (N-methyl/N-ethyl adjacent to an activating group) is 1. The summed E-state index contributed by atoms with van der Waals surface area (Å²) >= 11 is 0. The van der Waals surface area contributed by atoms with Gasteiger partial charge in [-0.2, -0.15) is 0 Å². The molecule has 1 N–H and O–H groups in total. The van der Waals surface area contributed by atoms with E-state index in [9.17, 15) is 0 Å². The molecule has 1 aromatic rings. The van der Waals surface area contributed by atoms with Gasteiger partial charge < -0.3 is 15.1 Å². The highest BCUT2D eigenvalue weighted by Gasteiger charge is 2.15. The van der Waals surface area contributed by atoms with Gasteiger partial charge in [-0.3, -0.25) is 0 Å². The average Bonchev–Trinajstić information content (AvgIpc) is 2.92. The maximum atomic E-state index is 4.77. The Balaban J connectivity index is 2.08. The first-order chi connectivity index (χ1) is 9.61. The molecule has 1 aromatic heterocycles. The highest BCUT2D eigenvalue weighted by molar-refractivity contribution is 5.51. The predicted molar refractivity (Wildman–Crippen MR) is 85.4 cm³/mol. The number of rotatable bonds is 6. The monoisotopic (exact) mass is 276 g/mol. The van der Waals surface area contributed by atoms with Crippen LogP contribution in [0, 0.1) is 13.8 Å². The van der Waals surface area contributed by atoms with E-state index in [-0.39, 0.29) is 0 Å². The second-order valence-electron chi connectivity index (χ2n) is 5.88. The van der Waals surface area contributed by atoms with Gasteiger partial charge >= 0.3 is 0 Å². The SMILES string of the molecule is CNCc1c(C)cc(C)nc1N(C)CCN1CCCC1. The zero-order valence-corrected chi connectivity index (χ0v) is 13.4. The Morgan fingerprint density at radius 2 is 2.00 bits per heavy atom. The van der Waals surface area contributed by atoms with E-state index in [2.05, 4.69) is 42.1 Å². The van der Waals surface area contributed by atoms with Crippen LogP contribution in [-0.4, -0.2) is 50.2 Å². The predicted octanol–water partition coefficient (Wildman–Crippen LogP) is 1.95. The van der Waals surface area contributed by atoms with E-state index in [1.165, 1.54) is 37.1 Å². The van der Waals surface area contributed by atoms with E-state index in [0.717, 1.165) is 31.1 Å². The molecule has 1 saturated heterocycles. The van der Waals surface area contributed by atoms with Crippen LogP contribution in [0.3, 0.4) is 0 Å². The Bertz CT molecular complexity index is 438. The third-order valence-electron chi connectivity index (χ3n) is 4.12. The molecule has 0 aromatic carbocycles. The van der Waals surface area contributed by atoms with Gasteiger partial charge in [0.15, 0.2) is 0 Å². The number of hydrogen-bond acceptors (Lipinski definition) is 4. The Morgan fingerprint density at radius 1 is 1.30 bits per heavy atom. The lowest BCUT2D eigenvalue weighted by Gasteiger charge is -2.25. The molecular weight excluding hydrogens is 248 g/mol. The quantitative estimate of drug-likeness (QED) is 0.860. The molecular formula is C16H28N4. The maximum Gasteiger partial charge on any atom is 0.133 e. The van der Waals surface area contributed by atoms with Crippen molar-refractivity contribution in [1.29, 1.82) is 0 Å². The number of anilines is 1. The molecule has 0 atom stereocenters. The van der Waals surface area contributed by atoms with Crippen LogP contribution in [-0.2, 0) is 6.54 Å². The van der Waals surface area contributed by atoms with Crippen LogP contribution in [0.2, 0.25) is 0 Å². The van der Waals surface area contributed by atoms with Crippen molar-refractivity contribution in [2.45, 2.75) is 33.2 Å². The highest BCUT2D eigenvalue weighted by Crippen LogP contribution is 2.21. The molecule has 0 amide bonds. The third kappa shape index (κ3) is 3.70. The van der Waals surface area contributed by atoms with Gasteiger partial charge in [-0.1, -0.05) is 0 Å². The van der Waals surface area contributed by atoms with Crippen LogP contribution in [0.5, 0.6) is 0 Å². The average molecular weight is 276 g/mol. The number of nitrogens with one attached hydrogen (secondary N) is 1. The normalized spacial score (nSPS) is 15.8. The van der Waals surface area contributed by atoms with Crippen LogP contribution in [0.25, 0.3) is 0 Å². The number of aryl methyl sites for hydroxylation is 2. The second-order valence-corrected chi connectivity index (χ2v) is 5.88. The van der Waals surface area contributed by atoms with Crippen molar-refractivity contribution in [3.63, 3.8) is 0 Å². The van der Waals surface area contributed by atoms with E-state index in [1.54, 1.807) is 0 Å². The molecule has 0 saturated carbocycles. The Morgan fingerprint density at radius 3 is 2.65 bits per heavy atom. The number of nitrogens with zero attached hydrogens (tertiary/aromatic N) is 3. The second kappa shape index (κ2) is 7.04. The van der Waals surface area contributed by atoms with E-state index in [4.69, 9.17) is 4.98 Å². The summed E-state index contributed by atoms with van der Waals surface area (Å²) in [6.07, 6.45) is 2.72. The molecule has 0 unspecified atom stereocenters. The molecule has 1 fully saturated rings. The van der Waals surface area contributed by atoms with Crippen molar-refractivity contribution in [1.82, 2.24) is 15.2 Å². The third-order valence-corrected chi connectivity index (χ3v) is 4.12. The minimum Gasteiger partial charge on any atom is -0.358 e. The molecule has 0 bridgehead atoms. The van der Waals surface area contributed by atoms with Gasteiger partial charge in [0.05, 0.1) is 0 Å². The van der Waals surface area contributed by atoms with Crippen LogP contribution in [0.4, 0.5) is 5.82 Å². The Labute approximate surface area is 123 Å². The van der Waals surface area contributed by atoms with Crippen LogP contribution in [0.15, 0.2) is 6.07 Å². The summed E-state index contributed by atoms with van der Waals surface area (Å²) < 4.78 is 0. The van der Waals surface area contributed by atoms with Gasteiger partial charge in [0, 0.05) is 37.9 Å². The number of likely N-dealkylation sites (tertiary alicyclic amines) is 1. The molecule has 4 heteroatoms. The highest BCUT2D eigenvalue weighted by atomic mass is 15.2. The molecule has 4 nitrogen and oxygen atoms in total. The van der Waals surface area contributed by atoms with Crippen molar-refractivity contribution >= 4 is 5.82 Å². The van der Waals surface area contributed by atoms with Gasteiger partial charge in [0.1, 0.15) is 5.82 Å². The van der Waals surface area contributed by atoms with E-state index < -0.39 is 0 Å². The van der Waals surface area contributed by atoms with Crippen molar-refractivity contribution in [3.05, 3.63) is 22.9 Å². The topological polar surface area (TPSA) is 31.4 Å². The minimum absolute atomic E-state index is 0.877. The zero-order chi connectivity index (χ0) is 14.5. The molecule has 1 aliphatic heterocycles. The summed E-state index contributed by atoms with van der Waals surface area (Å²) in [6, 6.07) is 2.17. The molecule has 20 heavy (non-hydrogen) atoms. The van der Waals surface area contributed by atoms with Gasteiger partial charge in [0.2, 0.25) is 0 Å². The lowest BCUT2D eigenvalue weighted by Crippen LogP contribution is -2.32. The zero-order valence-electron chi connectivity index (χ0n) is 13.4. The van der Waals surface area contributed by atoms with Crippen LogP contribution < -0.4 is 10.2 Å². The first-order valence-electron chi connectivity index (χ1n) is 7.67. The first-order valence-corrected chi connectivity index (χ1v) is 7.67. The summed E-state index contributed by atoms with van der Waals surface area (Å²) in [5.74, 6) is 1.14. The summed E-state index contributed by atoms with van der Waals surface area (Å²) in [5, 5.41) is 3.26. The van der Waals surface area contributed by atoms with Crippen molar-refractivity contribution < 1.29 is 0 Å². The van der Waals surface area contributed by atoms with E-state index in [1.807, 2.05) is 7.05 Å². The summed E-state index contributed by atoms with van der Waals surface area (Å²) in [7, 11) is 4.16. The molecule has 0 radical (unpaired) electrons. The molecule has 1 aliphatic rings. The van der Waals surface area contributed by atoms with Gasteiger partial charge in [-0.05, 0) is 58.5 Å². The fourth-order valence-corrected chi connectivity index (χ4v) is 2.96. The molecule has 2 rings (SSSR count). The largest absolute Gasteiger partial charge is 0.358 e. The van der Waals surface area contributed by atoms with Gasteiger partial charge in [0.25, 0.3) is 0 Å². The van der Waals surface area contributed by atoms with Crippen molar-refractivity contribution in [3.8, 4) is 0 Å². The number of pyridine rings is 1. The Hall–Kier alpha value is -1.13. The van der Waals surface area contributed by atoms with E-state index in [0.29, 0.717) is 0 Å². The number of hydrogen-bond donors (Lipinski definition) is 1. The molecule has 0 spiro atoms. The molecule has 2 heterocycles. The van der Waals surface area contributed by atoms with Crippen molar-refractivity contribution in [2.75, 3.05) is 45.2 Å².